The van der Waals surface area contributed by atoms with Crippen LogP contribution < -0.4 is 10.2 Å². The standard InChI is InChI=1S/C14H15ClFN5/c1-9-4-13(19-8-18-9)20-11-2-3-21(7-11)14-12(16)5-10(15)6-17-14/h4-6,8,11H,2-3,7H2,1H3,(H,18,19,20). The van der Waals surface area contributed by atoms with Crippen molar-refractivity contribution in [2.75, 3.05) is 23.3 Å². The van der Waals surface area contributed by atoms with Crippen LogP contribution in [0.1, 0.15) is 12.1 Å². The molecule has 1 atom stereocenters. The molecule has 1 aliphatic rings. The number of anilines is 2. The molecule has 5 nitrogen and oxygen atoms in total. The topological polar surface area (TPSA) is 53.9 Å². The van der Waals surface area contributed by atoms with Crippen LogP contribution in [0.5, 0.6) is 0 Å². The summed E-state index contributed by atoms with van der Waals surface area (Å²) in [6, 6.07) is 3.39. The van der Waals surface area contributed by atoms with E-state index < -0.39 is 0 Å². The number of aryl methyl sites for hydroxylation is 1. The number of nitrogens with one attached hydrogen (secondary N) is 1. The minimum absolute atomic E-state index is 0.205. The lowest BCUT2D eigenvalue weighted by molar-refractivity contribution is 0.615. The Morgan fingerprint density at radius 1 is 1.33 bits per heavy atom. The lowest BCUT2D eigenvalue weighted by Gasteiger charge is -2.18. The van der Waals surface area contributed by atoms with Gasteiger partial charge in [0.25, 0.3) is 0 Å². The van der Waals surface area contributed by atoms with Gasteiger partial charge in [0.05, 0.1) is 5.02 Å². The monoisotopic (exact) mass is 307 g/mol. The van der Waals surface area contributed by atoms with E-state index in [4.69, 9.17) is 11.6 Å². The van der Waals surface area contributed by atoms with E-state index in [1.807, 2.05) is 17.9 Å². The molecule has 1 unspecified atom stereocenters. The largest absolute Gasteiger partial charge is 0.365 e. The Morgan fingerprint density at radius 2 is 2.19 bits per heavy atom. The highest BCUT2D eigenvalue weighted by Gasteiger charge is 2.25. The molecule has 0 spiro atoms. The van der Waals surface area contributed by atoms with Crippen LogP contribution in [0.25, 0.3) is 0 Å². The summed E-state index contributed by atoms with van der Waals surface area (Å²) in [6.07, 6.45) is 3.89. The fraction of sp³-hybridized carbons (Fsp3) is 0.357. The van der Waals surface area contributed by atoms with Gasteiger partial charge in [0.1, 0.15) is 12.1 Å². The summed E-state index contributed by atoms with van der Waals surface area (Å²) in [4.78, 5) is 14.2. The van der Waals surface area contributed by atoms with Gasteiger partial charge in [-0.2, -0.15) is 0 Å². The SMILES string of the molecule is Cc1cc(NC2CCN(c3ncc(Cl)cc3F)C2)ncn1. The first-order chi connectivity index (χ1) is 10.1. The molecule has 1 saturated heterocycles. The molecule has 7 heteroatoms. The number of hydrogen-bond donors (Lipinski definition) is 1. The van der Waals surface area contributed by atoms with Crippen LogP contribution in [0.2, 0.25) is 5.02 Å². The zero-order valence-corrected chi connectivity index (χ0v) is 12.3. The molecule has 1 aliphatic heterocycles. The number of pyridine rings is 1. The average Bonchev–Trinajstić information content (AvgIpc) is 2.87. The Morgan fingerprint density at radius 3 is 2.95 bits per heavy atom. The fourth-order valence-electron chi connectivity index (χ4n) is 2.45. The predicted molar refractivity (Wildman–Crippen MR) is 80.2 cm³/mol. The van der Waals surface area contributed by atoms with Crippen molar-refractivity contribution in [1.29, 1.82) is 0 Å². The van der Waals surface area contributed by atoms with Crippen LogP contribution in [-0.2, 0) is 0 Å². The molecule has 0 amide bonds. The van der Waals surface area contributed by atoms with Gasteiger partial charge in [0, 0.05) is 37.1 Å². The maximum atomic E-state index is 13.9. The second-order valence-electron chi connectivity index (χ2n) is 5.08. The molecular weight excluding hydrogens is 293 g/mol. The molecule has 0 bridgehead atoms. The average molecular weight is 308 g/mol. The summed E-state index contributed by atoms with van der Waals surface area (Å²) in [7, 11) is 0. The molecule has 3 heterocycles. The van der Waals surface area contributed by atoms with Crippen LogP contribution in [-0.4, -0.2) is 34.1 Å². The Hall–Kier alpha value is -1.95. The molecule has 2 aromatic heterocycles. The van der Waals surface area contributed by atoms with Crippen LogP contribution in [0.4, 0.5) is 16.0 Å². The number of aromatic nitrogens is 3. The summed E-state index contributed by atoms with van der Waals surface area (Å²) >= 11 is 5.73. The Bertz CT molecular complexity index is 651. The lowest BCUT2D eigenvalue weighted by atomic mass is 10.2. The van der Waals surface area contributed by atoms with Gasteiger partial charge in [-0.1, -0.05) is 11.6 Å². The third-order valence-corrected chi connectivity index (χ3v) is 3.64. The van der Waals surface area contributed by atoms with Crippen molar-refractivity contribution < 1.29 is 4.39 Å². The predicted octanol–water partition coefficient (Wildman–Crippen LogP) is 2.66. The maximum absolute atomic E-state index is 13.9. The second kappa shape index (κ2) is 5.81. The maximum Gasteiger partial charge on any atom is 0.167 e. The fourth-order valence-corrected chi connectivity index (χ4v) is 2.60. The molecule has 0 aliphatic carbocycles. The number of halogens is 2. The van der Waals surface area contributed by atoms with Crippen molar-refractivity contribution in [3.63, 3.8) is 0 Å². The van der Waals surface area contributed by atoms with Gasteiger partial charge in [-0.05, 0) is 19.4 Å². The van der Waals surface area contributed by atoms with E-state index in [2.05, 4.69) is 20.3 Å². The van der Waals surface area contributed by atoms with E-state index in [1.54, 1.807) is 0 Å². The molecule has 3 rings (SSSR count). The molecule has 110 valence electrons. The molecule has 1 N–H and O–H groups in total. The van der Waals surface area contributed by atoms with Crippen LogP contribution in [0.3, 0.4) is 0 Å². The van der Waals surface area contributed by atoms with Gasteiger partial charge in [0.15, 0.2) is 11.6 Å². The minimum atomic E-state index is -0.388. The summed E-state index contributed by atoms with van der Waals surface area (Å²) < 4.78 is 13.9. The van der Waals surface area contributed by atoms with E-state index in [1.165, 1.54) is 18.6 Å². The van der Waals surface area contributed by atoms with Gasteiger partial charge >= 0.3 is 0 Å². The summed E-state index contributed by atoms with van der Waals surface area (Å²) in [5.41, 5.74) is 0.910. The van der Waals surface area contributed by atoms with E-state index in [9.17, 15) is 4.39 Å². The van der Waals surface area contributed by atoms with Gasteiger partial charge in [-0.15, -0.1) is 0 Å². The van der Waals surface area contributed by atoms with Crippen molar-refractivity contribution in [1.82, 2.24) is 15.0 Å². The Kier molecular flexibility index (Phi) is 3.88. The van der Waals surface area contributed by atoms with Crippen molar-refractivity contribution in [3.8, 4) is 0 Å². The molecule has 21 heavy (non-hydrogen) atoms. The van der Waals surface area contributed by atoms with E-state index in [0.717, 1.165) is 24.5 Å². The smallest absolute Gasteiger partial charge is 0.167 e. The van der Waals surface area contributed by atoms with Crippen molar-refractivity contribution >= 4 is 23.2 Å². The van der Waals surface area contributed by atoms with Gasteiger partial charge in [0.2, 0.25) is 0 Å². The number of nitrogens with zero attached hydrogens (tertiary/aromatic N) is 4. The molecule has 0 saturated carbocycles. The second-order valence-corrected chi connectivity index (χ2v) is 5.52. The van der Waals surface area contributed by atoms with E-state index in [-0.39, 0.29) is 11.9 Å². The van der Waals surface area contributed by atoms with Gasteiger partial charge in [-0.3, -0.25) is 0 Å². The molecule has 0 aromatic carbocycles. The summed E-state index contributed by atoms with van der Waals surface area (Å²) in [6.45, 7) is 3.34. The zero-order chi connectivity index (χ0) is 14.8. The molecule has 1 fully saturated rings. The van der Waals surface area contributed by atoms with E-state index in [0.29, 0.717) is 17.4 Å². The highest BCUT2D eigenvalue weighted by Crippen LogP contribution is 2.24. The highest BCUT2D eigenvalue weighted by atomic mass is 35.5. The van der Waals surface area contributed by atoms with Crippen LogP contribution in [0, 0.1) is 12.7 Å². The van der Waals surface area contributed by atoms with Crippen LogP contribution in [0.15, 0.2) is 24.7 Å². The van der Waals surface area contributed by atoms with Crippen molar-refractivity contribution in [2.45, 2.75) is 19.4 Å². The van der Waals surface area contributed by atoms with Crippen molar-refractivity contribution in [2.24, 2.45) is 0 Å². The summed E-state index contributed by atoms with van der Waals surface area (Å²) in [5.74, 6) is 0.752. The molecule has 0 radical (unpaired) electrons. The van der Waals surface area contributed by atoms with E-state index >= 15 is 0 Å². The van der Waals surface area contributed by atoms with Gasteiger partial charge in [-0.25, -0.2) is 19.3 Å². The first kappa shape index (κ1) is 14.0. The molecule has 2 aromatic rings. The molecular formula is C14H15ClFN5. The summed E-state index contributed by atoms with van der Waals surface area (Å²) in [5, 5.41) is 3.65. The lowest BCUT2D eigenvalue weighted by Crippen LogP contribution is -2.27. The third kappa shape index (κ3) is 3.21. The quantitative estimate of drug-likeness (QED) is 0.945. The first-order valence-electron chi connectivity index (χ1n) is 6.73. The Balaban J connectivity index is 1.68. The number of rotatable bonds is 3. The van der Waals surface area contributed by atoms with Crippen molar-refractivity contribution in [3.05, 3.63) is 41.2 Å². The van der Waals surface area contributed by atoms with Gasteiger partial charge < -0.3 is 10.2 Å². The zero-order valence-electron chi connectivity index (χ0n) is 11.6. The normalized spacial score (nSPS) is 18.0. The van der Waals surface area contributed by atoms with Crippen LogP contribution >= 0.6 is 11.6 Å². The number of hydrogen-bond acceptors (Lipinski definition) is 5. The highest BCUT2D eigenvalue weighted by molar-refractivity contribution is 6.30. The first-order valence-corrected chi connectivity index (χ1v) is 7.11. The Labute approximate surface area is 127 Å². The minimum Gasteiger partial charge on any atom is -0.365 e. The third-order valence-electron chi connectivity index (χ3n) is 3.43.